The van der Waals surface area contributed by atoms with Crippen LogP contribution in [0.5, 0.6) is 0 Å². The summed E-state index contributed by atoms with van der Waals surface area (Å²) >= 11 is 0. The average Bonchev–Trinajstić information content (AvgIpc) is 3.21. The smallest absolute Gasteiger partial charge is 0.336 e. The normalized spacial score (nSPS) is 9.00. The highest BCUT2D eigenvalue weighted by Crippen LogP contribution is 2.24. The van der Waals surface area contributed by atoms with E-state index < -0.39 is 23.9 Å². The molecule has 8 heteroatoms. The van der Waals surface area contributed by atoms with Crippen LogP contribution >= 0.6 is 0 Å². The first kappa shape index (κ1) is 43.2. The minimum Gasteiger partial charge on any atom is -0.478 e. The monoisotopic (exact) mass is 700 g/mol. The molecule has 6 rings (SSSR count). The lowest BCUT2D eigenvalue weighted by Gasteiger charge is -2.05. The molecule has 0 saturated heterocycles. The zero-order valence-corrected chi connectivity index (χ0v) is 29.6. The number of benzene rings is 6. The van der Waals surface area contributed by atoms with Gasteiger partial charge in [0.25, 0.3) is 0 Å². The number of hydrogen-bond donors (Lipinski definition) is 4. The molecule has 0 aliphatic carbocycles. The summed E-state index contributed by atoms with van der Waals surface area (Å²) in [7, 11) is 0. The molecule has 0 amide bonds. The molecule has 0 spiro atoms. The molecule has 0 aliphatic heterocycles. The molecule has 268 valence electrons. The second-order valence-electron chi connectivity index (χ2n) is 9.78. The minimum atomic E-state index is -0.894. The summed E-state index contributed by atoms with van der Waals surface area (Å²) in [5.41, 5.74) is 4.70. The molecule has 52 heavy (non-hydrogen) atoms. The summed E-state index contributed by atoms with van der Waals surface area (Å²) in [4.78, 5) is 42.4. The molecule has 0 saturated carbocycles. The second-order valence-corrected chi connectivity index (χ2v) is 9.78. The van der Waals surface area contributed by atoms with Crippen LogP contribution in [0.2, 0.25) is 0 Å². The lowest BCUT2D eigenvalue weighted by Crippen LogP contribution is -1.98. The van der Waals surface area contributed by atoms with Crippen LogP contribution in [0.3, 0.4) is 0 Å². The molecule has 0 aliphatic rings. The van der Waals surface area contributed by atoms with Gasteiger partial charge < -0.3 is 20.4 Å². The first-order valence-electron chi connectivity index (χ1n) is 16.5. The first-order valence-corrected chi connectivity index (χ1v) is 16.5. The molecule has 0 atom stereocenters. The fourth-order valence-corrected chi connectivity index (χ4v) is 4.24. The highest BCUT2D eigenvalue weighted by Gasteiger charge is 2.10. The van der Waals surface area contributed by atoms with Gasteiger partial charge in [-0.3, -0.25) is 0 Å². The Morgan fingerprint density at radius 3 is 0.769 bits per heavy atom. The van der Waals surface area contributed by atoms with Gasteiger partial charge in [0.05, 0.1) is 22.3 Å². The van der Waals surface area contributed by atoms with E-state index in [0.717, 1.165) is 22.3 Å². The van der Waals surface area contributed by atoms with Crippen molar-refractivity contribution in [2.75, 3.05) is 0 Å². The maximum absolute atomic E-state index is 11.0. The van der Waals surface area contributed by atoms with Crippen LogP contribution in [0.4, 0.5) is 0 Å². The van der Waals surface area contributed by atoms with Crippen molar-refractivity contribution in [3.05, 3.63) is 192 Å². The maximum atomic E-state index is 11.0. The van der Waals surface area contributed by atoms with Crippen molar-refractivity contribution in [2.24, 2.45) is 0 Å². The van der Waals surface area contributed by atoms with Gasteiger partial charge in [-0.1, -0.05) is 161 Å². The van der Waals surface area contributed by atoms with E-state index >= 15 is 0 Å². The Morgan fingerprint density at radius 2 is 0.538 bits per heavy atom. The van der Waals surface area contributed by atoms with E-state index in [1.54, 1.807) is 84.9 Å². The fourth-order valence-electron chi connectivity index (χ4n) is 4.24. The summed E-state index contributed by atoms with van der Waals surface area (Å²) in [6.07, 6.45) is 0. The van der Waals surface area contributed by atoms with Gasteiger partial charge in [0.1, 0.15) is 0 Å². The fraction of sp³-hybridized carbons (Fsp3) is 0.0909. The molecule has 6 aromatic carbocycles. The van der Waals surface area contributed by atoms with Crippen molar-refractivity contribution in [2.45, 2.75) is 27.7 Å². The van der Waals surface area contributed by atoms with Gasteiger partial charge in [-0.25, -0.2) is 19.2 Å². The van der Waals surface area contributed by atoms with Gasteiger partial charge in [-0.05, 0) is 58.7 Å². The summed E-state index contributed by atoms with van der Waals surface area (Å²) in [5, 5.41) is 34.8. The Hall–Kier alpha value is -6.80. The third-order valence-corrected chi connectivity index (χ3v) is 6.53. The number of carbonyl (C=O) groups is 4. The summed E-state index contributed by atoms with van der Waals surface area (Å²) in [5.74, 6) is -3.55. The second kappa shape index (κ2) is 25.2. The largest absolute Gasteiger partial charge is 0.478 e. The van der Waals surface area contributed by atoms with Crippen LogP contribution < -0.4 is 0 Å². The van der Waals surface area contributed by atoms with Gasteiger partial charge in [0.15, 0.2) is 0 Å². The Morgan fingerprint density at radius 1 is 0.308 bits per heavy atom. The van der Waals surface area contributed by atoms with Crippen molar-refractivity contribution in [1.82, 2.24) is 0 Å². The molecule has 0 heterocycles. The Labute approximate surface area is 304 Å². The highest BCUT2D eigenvalue weighted by atomic mass is 16.4. The molecule has 6 aromatic rings. The van der Waals surface area contributed by atoms with E-state index in [1.807, 2.05) is 113 Å². The number of hydrogen-bond acceptors (Lipinski definition) is 4. The number of carboxylic acids is 4. The molecule has 0 unspecified atom stereocenters. The van der Waals surface area contributed by atoms with Crippen molar-refractivity contribution >= 4 is 23.9 Å². The SMILES string of the molecule is CC.CC.O=C(O)c1ccccc1.O=C(O)c1ccccc1.O=C(O)c1ccccc1-c1ccccc1.O=C(O)c1ccccc1-c1ccccc1. The van der Waals surface area contributed by atoms with Crippen molar-refractivity contribution in [3.8, 4) is 22.3 Å². The van der Waals surface area contributed by atoms with Gasteiger partial charge in [-0.15, -0.1) is 0 Å². The van der Waals surface area contributed by atoms with Gasteiger partial charge in [0, 0.05) is 0 Å². The van der Waals surface area contributed by atoms with Crippen LogP contribution in [0.1, 0.15) is 69.1 Å². The van der Waals surface area contributed by atoms with Gasteiger partial charge >= 0.3 is 23.9 Å². The zero-order valence-electron chi connectivity index (χ0n) is 29.6. The Balaban J connectivity index is 0.000000344. The summed E-state index contributed by atoms with van der Waals surface area (Å²) in [6.45, 7) is 8.00. The van der Waals surface area contributed by atoms with E-state index in [9.17, 15) is 19.2 Å². The lowest BCUT2D eigenvalue weighted by molar-refractivity contribution is 0.0686. The topological polar surface area (TPSA) is 149 Å². The van der Waals surface area contributed by atoms with E-state index in [4.69, 9.17) is 20.4 Å². The zero-order chi connectivity index (χ0) is 38.7. The molecule has 4 N–H and O–H groups in total. The predicted molar refractivity (Wildman–Crippen MR) is 207 cm³/mol. The van der Waals surface area contributed by atoms with Crippen LogP contribution in [-0.4, -0.2) is 44.3 Å². The van der Waals surface area contributed by atoms with E-state index in [1.165, 1.54) is 0 Å². The molecular formula is C44H44O8. The highest BCUT2D eigenvalue weighted by molar-refractivity contribution is 5.96. The predicted octanol–water partition coefficient (Wildman–Crippen LogP) is 10.9. The van der Waals surface area contributed by atoms with Crippen LogP contribution in [0.25, 0.3) is 22.3 Å². The molecule has 0 bridgehead atoms. The van der Waals surface area contributed by atoms with Crippen molar-refractivity contribution in [1.29, 1.82) is 0 Å². The molecule has 0 fully saturated rings. The number of carboxylic acid groups (broad SMARTS) is 4. The van der Waals surface area contributed by atoms with Gasteiger partial charge in [0.2, 0.25) is 0 Å². The van der Waals surface area contributed by atoms with Crippen molar-refractivity contribution < 1.29 is 39.6 Å². The minimum absolute atomic E-state index is 0.331. The maximum Gasteiger partial charge on any atom is 0.336 e. The van der Waals surface area contributed by atoms with Gasteiger partial charge in [-0.2, -0.15) is 0 Å². The Bertz CT molecular complexity index is 1770. The quantitative estimate of drug-likeness (QED) is 0.134. The standard InChI is InChI=1S/2C13H10O2.2C7H6O2.2C2H6/c2*14-13(15)12-9-5-4-8-11(12)10-6-2-1-3-7-10;2*8-7(9)6-4-2-1-3-5-6;2*1-2/h2*1-9H,(H,14,15);2*1-5H,(H,8,9);2*1-2H3. The third-order valence-electron chi connectivity index (χ3n) is 6.53. The van der Waals surface area contributed by atoms with Crippen molar-refractivity contribution in [3.63, 3.8) is 0 Å². The summed E-state index contributed by atoms with van der Waals surface area (Å²) < 4.78 is 0. The number of rotatable bonds is 6. The van der Waals surface area contributed by atoms with E-state index in [-0.39, 0.29) is 0 Å². The van der Waals surface area contributed by atoms with E-state index in [0.29, 0.717) is 22.3 Å². The lowest BCUT2D eigenvalue weighted by atomic mass is 10.00. The third kappa shape index (κ3) is 15.2. The van der Waals surface area contributed by atoms with Crippen LogP contribution in [0, 0.1) is 0 Å². The molecule has 0 radical (unpaired) electrons. The first-order chi connectivity index (χ1) is 25.2. The molecule has 8 nitrogen and oxygen atoms in total. The molecule has 0 aromatic heterocycles. The Kier molecular flexibility index (Phi) is 21.0. The van der Waals surface area contributed by atoms with E-state index in [2.05, 4.69) is 0 Å². The van der Waals surface area contributed by atoms with Crippen LogP contribution in [-0.2, 0) is 0 Å². The summed E-state index contributed by atoms with van der Waals surface area (Å²) in [6, 6.07) is 49.6. The number of aromatic carboxylic acids is 4. The average molecular weight is 701 g/mol. The molecular weight excluding hydrogens is 656 g/mol. The van der Waals surface area contributed by atoms with Crippen LogP contribution in [0.15, 0.2) is 170 Å².